The number of nitrogens with zero attached hydrogens (tertiary/aromatic N) is 5. The molecule has 1 amide bonds. The van der Waals surface area contributed by atoms with Crippen LogP contribution >= 0.6 is 0 Å². The maximum Gasteiger partial charge on any atom is 0.225 e. The maximum absolute atomic E-state index is 12.2. The highest BCUT2D eigenvalue weighted by molar-refractivity contribution is 5.76. The highest BCUT2D eigenvalue weighted by Crippen LogP contribution is 2.34. The molecule has 2 atom stereocenters. The van der Waals surface area contributed by atoms with Gasteiger partial charge in [0.15, 0.2) is 0 Å². The molecule has 0 aliphatic carbocycles. The lowest BCUT2D eigenvalue weighted by Gasteiger charge is -2.24. The Morgan fingerprint density at radius 1 is 1.19 bits per heavy atom. The molecule has 26 heavy (non-hydrogen) atoms. The first-order chi connectivity index (χ1) is 12.6. The smallest absolute Gasteiger partial charge is 0.225 e. The number of carbonyl (C=O) groups excluding carboxylic acids is 1. The van der Waals surface area contributed by atoms with Crippen molar-refractivity contribution in [1.29, 1.82) is 0 Å². The number of amides is 1. The number of anilines is 1. The molecule has 6 heteroatoms. The predicted octanol–water partition coefficient (Wildman–Crippen LogP) is 2.60. The Bertz CT molecular complexity index is 837. The van der Waals surface area contributed by atoms with Crippen LogP contribution in [0.15, 0.2) is 24.4 Å². The highest BCUT2D eigenvalue weighted by Gasteiger charge is 2.43. The summed E-state index contributed by atoms with van der Waals surface area (Å²) >= 11 is 0. The van der Waals surface area contributed by atoms with E-state index in [1.54, 1.807) is 0 Å². The lowest BCUT2D eigenvalue weighted by atomic mass is 10.1. The summed E-state index contributed by atoms with van der Waals surface area (Å²) in [5.74, 6) is 1.54. The van der Waals surface area contributed by atoms with Crippen LogP contribution < -0.4 is 4.90 Å². The molecular weight excluding hydrogens is 326 g/mol. The van der Waals surface area contributed by atoms with Gasteiger partial charge in [0.2, 0.25) is 11.9 Å². The van der Waals surface area contributed by atoms with E-state index < -0.39 is 0 Å². The van der Waals surface area contributed by atoms with Gasteiger partial charge < -0.3 is 9.80 Å². The second-order valence-electron chi connectivity index (χ2n) is 7.29. The first kappa shape index (κ1) is 16.9. The minimum Gasteiger partial charge on any atom is -0.338 e. The fourth-order valence-corrected chi connectivity index (χ4v) is 4.25. The number of hydrogen-bond acceptors (Lipinski definition) is 5. The van der Waals surface area contributed by atoms with Gasteiger partial charge in [-0.05, 0) is 38.5 Å². The Balaban J connectivity index is 1.57. The largest absolute Gasteiger partial charge is 0.338 e. The lowest BCUT2D eigenvalue weighted by molar-refractivity contribution is -0.131. The molecule has 0 saturated carbocycles. The number of rotatable bonds is 3. The molecule has 2 aliphatic rings. The summed E-state index contributed by atoms with van der Waals surface area (Å²) in [6.45, 7) is 8.59. The SMILES string of the molecule is CCC(=O)N1CC[C@@H]2CN(c3nccc(-c4ccc(C)nc4C)n3)C[C@@H]21. The third-order valence-electron chi connectivity index (χ3n) is 5.60. The first-order valence-electron chi connectivity index (χ1n) is 9.39. The first-order valence-corrected chi connectivity index (χ1v) is 9.39. The van der Waals surface area contributed by atoms with Crippen molar-refractivity contribution in [3.63, 3.8) is 0 Å². The van der Waals surface area contributed by atoms with E-state index >= 15 is 0 Å². The van der Waals surface area contributed by atoms with Crippen LogP contribution in [0.2, 0.25) is 0 Å². The molecule has 6 nitrogen and oxygen atoms in total. The van der Waals surface area contributed by atoms with Gasteiger partial charge >= 0.3 is 0 Å². The van der Waals surface area contributed by atoms with E-state index in [9.17, 15) is 4.79 Å². The van der Waals surface area contributed by atoms with Gasteiger partial charge in [-0.1, -0.05) is 6.92 Å². The number of likely N-dealkylation sites (tertiary alicyclic amines) is 1. The van der Waals surface area contributed by atoms with Crippen LogP contribution in [-0.4, -0.2) is 51.4 Å². The molecule has 2 aromatic rings. The van der Waals surface area contributed by atoms with E-state index in [2.05, 4.69) is 25.8 Å². The summed E-state index contributed by atoms with van der Waals surface area (Å²) in [4.78, 5) is 30.3. The fraction of sp³-hybridized carbons (Fsp3) is 0.500. The molecule has 2 fully saturated rings. The molecule has 136 valence electrons. The Morgan fingerprint density at radius 2 is 2.04 bits per heavy atom. The summed E-state index contributed by atoms with van der Waals surface area (Å²) in [5, 5.41) is 0. The van der Waals surface area contributed by atoms with Crippen molar-refractivity contribution in [2.75, 3.05) is 24.5 Å². The van der Waals surface area contributed by atoms with Gasteiger partial charge in [0.25, 0.3) is 0 Å². The number of aromatic nitrogens is 3. The number of aryl methyl sites for hydroxylation is 2. The molecule has 0 spiro atoms. The van der Waals surface area contributed by atoms with Crippen LogP contribution in [0.1, 0.15) is 31.2 Å². The second-order valence-corrected chi connectivity index (χ2v) is 7.29. The monoisotopic (exact) mass is 351 g/mol. The van der Waals surface area contributed by atoms with Crippen molar-refractivity contribution in [1.82, 2.24) is 19.9 Å². The molecule has 0 bridgehead atoms. The third kappa shape index (κ3) is 2.93. The topological polar surface area (TPSA) is 62.2 Å². The standard InChI is InChI=1S/C20H25N5O/c1-4-19(26)25-10-8-15-11-24(12-18(15)25)20-21-9-7-17(23-20)16-6-5-13(2)22-14(16)3/h5-7,9,15,18H,4,8,10-12H2,1-3H3/t15-,18+/m1/s1. The van der Waals surface area contributed by atoms with Crippen molar-refractivity contribution in [3.8, 4) is 11.3 Å². The molecule has 0 radical (unpaired) electrons. The second kappa shape index (κ2) is 6.67. The Morgan fingerprint density at radius 3 is 2.81 bits per heavy atom. The van der Waals surface area contributed by atoms with E-state index in [4.69, 9.17) is 4.98 Å². The normalized spacial score (nSPS) is 22.0. The van der Waals surface area contributed by atoms with E-state index in [1.807, 2.05) is 39.1 Å². The van der Waals surface area contributed by atoms with Gasteiger partial charge in [-0.25, -0.2) is 9.97 Å². The van der Waals surface area contributed by atoms with E-state index in [1.165, 1.54) is 0 Å². The Labute approximate surface area is 154 Å². The van der Waals surface area contributed by atoms with Crippen molar-refractivity contribution in [2.45, 2.75) is 39.7 Å². The Hall–Kier alpha value is -2.50. The quantitative estimate of drug-likeness (QED) is 0.851. The van der Waals surface area contributed by atoms with Gasteiger partial charge in [0, 0.05) is 55.1 Å². The van der Waals surface area contributed by atoms with Gasteiger partial charge in [-0.3, -0.25) is 9.78 Å². The van der Waals surface area contributed by atoms with Gasteiger partial charge in [-0.15, -0.1) is 0 Å². The summed E-state index contributed by atoms with van der Waals surface area (Å²) in [6, 6.07) is 6.33. The van der Waals surface area contributed by atoms with E-state index in [0.717, 1.165) is 54.6 Å². The molecule has 2 aromatic heterocycles. The molecule has 0 aromatic carbocycles. The third-order valence-corrected chi connectivity index (χ3v) is 5.60. The maximum atomic E-state index is 12.2. The fourth-order valence-electron chi connectivity index (χ4n) is 4.25. The van der Waals surface area contributed by atoms with Crippen LogP contribution in [0, 0.1) is 19.8 Å². The van der Waals surface area contributed by atoms with Crippen molar-refractivity contribution < 1.29 is 4.79 Å². The molecule has 4 rings (SSSR count). The van der Waals surface area contributed by atoms with E-state index in [0.29, 0.717) is 18.4 Å². The molecule has 0 unspecified atom stereocenters. The van der Waals surface area contributed by atoms with Crippen LogP contribution in [0.3, 0.4) is 0 Å². The summed E-state index contributed by atoms with van der Waals surface area (Å²) < 4.78 is 0. The predicted molar refractivity (Wildman–Crippen MR) is 101 cm³/mol. The minimum absolute atomic E-state index is 0.260. The summed E-state index contributed by atoms with van der Waals surface area (Å²) in [7, 11) is 0. The van der Waals surface area contributed by atoms with Crippen molar-refractivity contribution in [2.24, 2.45) is 5.92 Å². The number of fused-ring (bicyclic) bond motifs is 1. The number of carbonyl (C=O) groups is 1. The van der Waals surface area contributed by atoms with Crippen LogP contribution in [0.25, 0.3) is 11.3 Å². The number of hydrogen-bond donors (Lipinski definition) is 0. The van der Waals surface area contributed by atoms with Crippen LogP contribution in [0.4, 0.5) is 5.95 Å². The Kier molecular flexibility index (Phi) is 4.34. The molecule has 2 saturated heterocycles. The van der Waals surface area contributed by atoms with Gasteiger partial charge in [0.1, 0.15) is 0 Å². The van der Waals surface area contributed by atoms with Crippen molar-refractivity contribution in [3.05, 3.63) is 35.8 Å². The van der Waals surface area contributed by atoms with Gasteiger partial charge in [0.05, 0.1) is 11.7 Å². The molecule has 4 heterocycles. The molecule has 0 N–H and O–H groups in total. The van der Waals surface area contributed by atoms with Crippen LogP contribution in [0.5, 0.6) is 0 Å². The van der Waals surface area contributed by atoms with Gasteiger partial charge in [-0.2, -0.15) is 0 Å². The van der Waals surface area contributed by atoms with Crippen LogP contribution in [-0.2, 0) is 4.79 Å². The zero-order valence-electron chi connectivity index (χ0n) is 15.6. The average molecular weight is 351 g/mol. The lowest BCUT2D eigenvalue weighted by Crippen LogP contribution is -2.39. The summed E-state index contributed by atoms with van der Waals surface area (Å²) in [5.41, 5.74) is 3.93. The molecule has 2 aliphatic heterocycles. The zero-order valence-corrected chi connectivity index (χ0v) is 15.6. The average Bonchev–Trinajstić information content (AvgIpc) is 3.22. The van der Waals surface area contributed by atoms with E-state index in [-0.39, 0.29) is 5.91 Å². The number of pyridine rings is 1. The molecular formula is C20H25N5O. The summed E-state index contributed by atoms with van der Waals surface area (Å²) in [6.07, 6.45) is 3.47. The van der Waals surface area contributed by atoms with Crippen molar-refractivity contribution >= 4 is 11.9 Å². The zero-order chi connectivity index (χ0) is 18.3. The highest BCUT2D eigenvalue weighted by atomic mass is 16.2. The minimum atomic E-state index is 0.260.